The minimum Gasteiger partial charge on any atom is -0.507 e. The maximum Gasteiger partial charge on any atom is 0.313 e. The van der Waals surface area contributed by atoms with Crippen LogP contribution in [0.25, 0.3) is 0 Å². The summed E-state index contributed by atoms with van der Waals surface area (Å²) in [5.41, 5.74) is -0.739. The number of benzene rings is 1. The Kier molecular flexibility index (Phi) is 4.78. The maximum atomic E-state index is 11.9. The second kappa shape index (κ2) is 5.93. The molecule has 1 amide bonds. The molecule has 0 heterocycles. The number of aromatic hydroxyl groups is 1. The van der Waals surface area contributed by atoms with Gasteiger partial charge in [0.25, 0.3) is 5.91 Å². The van der Waals surface area contributed by atoms with Gasteiger partial charge in [-0.1, -0.05) is 11.6 Å². The molecule has 0 aromatic heterocycles. The third-order valence-electron chi connectivity index (χ3n) is 2.63. The minimum atomic E-state index is -0.841. The summed E-state index contributed by atoms with van der Waals surface area (Å²) in [6.07, 6.45) is 0. The summed E-state index contributed by atoms with van der Waals surface area (Å²) in [5.74, 6) is -1.11. The summed E-state index contributed by atoms with van der Waals surface area (Å²) in [7, 11) is 1.29. The maximum absolute atomic E-state index is 11.9. The van der Waals surface area contributed by atoms with E-state index in [4.69, 9.17) is 11.6 Å². The summed E-state index contributed by atoms with van der Waals surface area (Å²) in [4.78, 5) is 23.3. The van der Waals surface area contributed by atoms with Gasteiger partial charge in [0.15, 0.2) is 0 Å². The molecule has 0 radical (unpaired) electrons. The molecule has 1 rings (SSSR count). The van der Waals surface area contributed by atoms with E-state index in [0.717, 1.165) is 0 Å². The number of hydrogen-bond acceptors (Lipinski definition) is 4. The predicted octanol–water partition coefficient (Wildman–Crippen LogP) is 1.97. The van der Waals surface area contributed by atoms with Gasteiger partial charge >= 0.3 is 5.97 Å². The highest BCUT2D eigenvalue weighted by Crippen LogP contribution is 2.22. The number of rotatable bonds is 4. The first-order chi connectivity index (χ1) is 8.77. The number of methoxy groups -OCH3 is 1. The van der Waals surface area contributed by atoms with Gasteiger partial charge in [0, 0.05) is 11.6 Å². The zero-order valence-electron chi connectivity index (χ0n) is 11.0. The Labute approximate surface area is 116 Å². The van der Waals surface area contributed by atoms with Crippen molar-refractivity contribution in [1.29, 1.82) is 0 Å². The molecule has 0 unspecified atom stereocenters. The van der Waals surface area contributed by atoms with E-state index in [1.165, 1.54) is 25.3 Å². The SMILES string of the molecule is COC(=O)C(C)(C)CNC(=O)c1ccc(Cl)cc1O. The van der Waals surface area contributed by atoms with Crippen molar-refractivity contribution in [3.05, 3.63) is 28.8 Å². The highest BCUT2D eigenvalue weighted by molar-refractivity contribution is 6.30. The first kappa shape index (κ1) is 15.3. The molecule has 5 nitrogen and oxygen atoms in total. The highest BCUT2D eigenvalue weighted by Gasteiger charge is 2.29. The van der Waals surface area contributed by atoms with Gasteiger partial charge in [-0.2, -0.15) is 0 Å². The molecule has 0 fully saturated rings. The summed E-state index contributed by atoms with van der Waals surface area (Å²) in [6.45, 7) is 3.40. The number of ether oxygens (including phenoxy) is 1. The van der Waals surface area contributed by atoms with Crippen LogP contribution in [0.3, 0.4) is 0 Å². The van der Waals surface area contributed by atoms with Crippen LogP contribution >= 0.6 is 11.6 Å². The number of phenolic OH excluding ortho intramolecular Hbond substituents is 1. The van der Waals surface area contributed by atoms with E-state index in [0.29, 0.717) is 5.02 Å². The highest BCUT2D eigenvalue weighted by atomic mass is 35.5. The standard InChI is InChI=1S/C13H16ClNO4/c1-13(2,12(18)19-3)7-15-11(17)9-5-4-8(14)6-10(9)16/h4-6,16H,7H2,1-3H3,(H,15,17). The van der Waals surface area contributed by atoms with Crippen molar-refractivity contribution >= 4 is 23.5 Å². The lowest BCUT2D eigenvalue weighted by molar-refractivity contribution is -0.150. The summed E-state index contributed by atoms with van der Waals surface area (Å²) in [5, 5.41) is 12.5. The molecule has 104 valence electrons. The molecule has 1 aromatic carbocycles. The van der Waals surface area contributed by atoms with Crippen molar-refractivity contribution in [2.24, 2.45) is 5.41 Å². The smallest absolute Gasteiger partial charge is 0.313 e. The Morgan fingerprint density at radius 3 is 2.58 bits per heavy atom. The van der Waals surface area contributed by atoms with Gasteiger partial charge < -0.3 is 15.2 Å². The van der Waals surface area contributed by atoms with Gasteiger partial charge in [-0.25, -0.2) is 0 Å². The van der Waals surface area contributed by atoms with Crippen LogP contribution in [-0.4, -0.2) is 30.6 Å². The Hall–Kier alpha value is -1.75. The number of carbonyl (C=O) groups is 2. The average molecular weight is 286 g/mol. The van der Waals surface area contributed by atoms with Crippen LogP contribution in [-0.2, 0) is 9.53 Å². The van der Waals surface area contributed by atoms with Crippen LogP contribution in [0.4, 0.5) is 0 Å². The van der Waals surface area contributed by atoms with Gasteiger partial charge in [-0.3, -0.25) is 9.59 Å². The predicted molar refractivity (Wildman–Crippen MR) is 71.2 cm³/mol. The van der Waals surface area contributed by atoms with Gasteiger partial charge in [-0.05, 0) is 32.0 Å². The fraction of sp³-hybridized carbons (Fsp3) is 0.385. The lowest BCUT2D eigenvalue weighted by Crippen LogP contribution is -2.39. The molecule has 0 saturated heterocycles. The minimum absolute atomic E-state index is 0.0978. The van der Waals surface area contributed by atoms with Crippen LogP contribution in [0.15, 0.2) is 18.2 Å². The quantitative estimate of drug-likeness (QED) is 0.830. The van der Waals surface area contributed by atoms with E-state index in [-0.39, 0.29) is 17.9 Å². The van der Waals surface area contributed by atoms with E-state index in [9.17, 15) is 14.7 Å². The molecule has 0 aliphatic carbocycles. The molecular formula is C13H16ClNO4. The van der Waals surface area contributed by atoms with Crippen LogP contribution in [0.1, 0.15) is 24.2 Å². The zero-order chi connectivity index (χ0) is 14.6. The fourth-order valence-electron chi connectivity index (χ4n) is 1.44. The monoisotopic (exact) mass is 285 g/mol. The van der Waals surface area contributed by atoms with E-state index in [2.05, 4.69) is 10.1 Å². The number of nitrogens with one attached hydrogen (secondary N) is 1. The van der Waals surface area contributed by atoms with Gasteiger partial charge in [0.2, 0.25) is 0 Å². The molecule has 0 atom stereocenters. The van der Waals surface area contributed by atoms with Gasteiger partial charge in [0.05, 0.1) is 18.1 Å². The fourth-order valence-corrected chi connectivity index (χ4v) is 1.61. The summed E-state index contributed by atoms with van der Waals surface area (Å²) in [6, 6.07) is 4.20. The van der Waals surface area contributed by atoms with Crippen LogP contribution in [0.5, 0.6) is 5.75 Å². The van der Waals surface area contributed by atoms with Crippen molar-refractivity contribution in [3.63, 3.8) is 0 Å². The van der Waals surface area contributed by atoms with E-state index >= 15 is 0 Å². The number of esters is 1. The topological polar surface area (TPSA) is 75.6 Å². The summed E-state index contributed by atoms with van der Waals surface area (Å²) >= 11 is 5.68. The van der Waals surface area contributed by atoms with Crippen molar-refractivity contribution < 1.29 is 19.4 Å². The normalized spacial score (nSPS) is 10.9. The number of amides is 1. The molecule has 0 bridgehead atoms. The molecule has 6 heteroatoms. The average Bonchev–Trinajstić information content (AvgIpc) is 2.35. The Morgan fingerprint density at radius 2 is 2.05 bits per heavy atom. The van der Waals surface area contributed by atoms with Gasteiger partial charge in [0.1, 0.15) is 5.75 Å². The molecule has 0 aliphatic heterocycles. The number of carbonyl (C=O) groups excluding carboxylic acids is 2. The molecule has 0 spiro atoms. The van der Waals surface area contributed by atoms with E-state index < -0.39 is 17.3 Å². The lowest BCUT2D eigenvalue weighted by Gasteiger charge is -2.21. The van der Waals surface area contributed by atoms with Crippen LogP contribution < -0.4 is 5.32 Å². The Bertz CT molecular complexity index is 499. The van der Waals surface area contributed by atoms with Gasteiger partial charge in [-0.15, -0.1) is 0 Å². The van der Waals surface area contributed by atoms with Crippen molar-refractivity contribution in [3.8, 4) is 5.75 Å². The first-order valence-corrected chi connectivity index (χ1v) is 6.01. The second-order valence-electron chi connectivity index (χ2n) is 4.72. The van der Waals surface area contributed by atoms with E-state index in [1.807, 2.05) is 0 Å². The Balaban J connectivity index is 2.73. The molecule has 19 heavy (non-hydrogen) atoms. The lowest BCUT2D eigenvalue weighted by atomic mass is 9.93. The zero-order valence-corrected chi connectivity index (χ0v) is 11.7. The molecule has 2 N–H and O–H groups in total. The van der Waals surface area contributed by atoms with Crippen molar-refractivity contribution in [1.82, 2.24) is 5.32 Å². The Morgan fingerprint density at radius 1 is 1.42 bits per heavy atom. The molecule has 1 aromatic rings. The van der Waals surface area contributed by atoms with Crippen LogP contribution in [0, 0.1) is 5.41 Å². The molecular weight excluding hydrogens is 270 g/mol. The second-order valence-corrected chi connectivity index (χ2v) is 5.16. The number of hydrogen-bond donors (Lipinski definition) is 2. The van der Waals surface area contributed by atoms with Crippen molar-refractivity contribution in [2.75, 3.05) is 13.7 Å². The molecule has 0 saturated carbocycles. The molecule has 0 aliphatic rings. The van der Waals surface area contributed by atoms with Crippen LogP contribution in [0.2, 0.25) is 5.02 Å². The van der Waals surface area contributed by atoms with E-state index in [1.54, 1.807) is 13.8 Å². The third-order valence-corrected chi connectivity index (χ3v) is 2.87. The summed E-state index contributed by atoms with van der Waals surface area (Å²) < 4.78 is 4.64. The third kappa shape index (κ3) is 3.86. The number of phenols is 1. The number of halogens is 1. The first-order valence-electron chi connectivity index (χ1n) is 5.63. The van der Waals surface area contributed by atoms with Crippen molar-refractivity contribution in [2.45, 2.75) is 13.8 Å². The largest absolute Gasteiger partial charge is 0.507 e.